The summed E-state index contributed by atoms with van der Waals surface area (Å²) >= 11 is 6.12. The third kappa shape index (κ3) is 3.96. The Kier molecular flexibility index (Phi) is 4.80. The van der Waals surface area contributed by atoms with E-state index in [0.29, 0.717) is 28.7 Å². The number of hydrogen-bond donors (Lipinski definition) is 2. The summed E-state index contributed by atoms with van der Waals surface area (Å²) in [4.78, 5) is 16.6. The first-order valence-electron chi connectivity index (χ1n) is 8.33. The summed E-state index contributed by atoms with van der Waals surface area (Å²) in [5, 5.41) is 6.59. The van der Waals surface area contributed by atoms with Crippen LogP contribution in [0.5, 0.6) is 11.5 Å². The molecule has 2 heterocycles. The highest BCUT2D eigenvalue weighted by molar-refractivity contribution is 6.33. The highest BCUT2D eigenvalue weighted by atomic mass is 35.5. The third-order valence-electron chi connectivity index (χ3n) is 4.05. The first-order valence-corrected chi connectivity index (χ1v) is 8.71. The zero-order valence-electron chi connectivity index (χ0n) is 14.2. The van der Waals surface area contributed by atoms with Gasteiger partial charge in [0.2, 0.25) is 6.79 Å². The van der Waals surface area contributed by atoms with E-state index in [1.165, 1.54) is 6.20 Å². The zero-order chi connectivity index (χ0) is 18.6. The number of carbonyl (C=O) groups excluding carboxylic acids is 1. The van der Waals surface area contributed by atoms with E-state index >= 15 is 0 Å². The van der Waals surface area contributed by atoms with Crippen molar-refractivity contribution in [2.75, 3.05) is 12.1 Å². The fourth-order valence-electron chi connectivity index (χ4n) is 2.64. The van der Waals surface area contributed by atoms with Crippen LogP contribution in [0.15, 0.2) is 60.8 Å². The number of para-hydroxylation sites is 1. The van der Waals surface area contributed by atoms with Gasteiger partial charge in [-0.15, -0.1) is 0 Å². The van der Waals surface area contributed by atoms with Crippen LogP contribution in [0, 0.1) is 0 Å². The first kappa shape index (κ1) is 17.2. The van der Waals surface area contributed by atoms with Gasteiger partial charge in [0.1, 0.15) is 5.82 Å². The number of amides is 1. The molecule has 1 aliphatic rings. The molecule has 2 N–H and O–H groups in total. The predicted molar refractivity (Wildman–Crippen MR) is 103 cm³/mol. The van der Waals surface area contributed by atoms with E-state index in [9.17, 15) is 4.79 Å². The monoisotopic (exact) mass is 381 g/mol. The van der Waals surface area contributed by atoms with Crippen LogP contribution in [-0.2, 0) is 6.54 Å². The molecule has 0 spiro atoms. The van der Waals surface area contributed by atoms with E-state index < -0.39 is 0 Å². The molecular weight excluding hydrogens is 366 g/mol. The van der Waals surface area contributed by atoms with Crippen LogP contribution in [0.2, 0.25) is 5.02 Å². The minimum atomic E-state index is -0.204. The second kappa shape index (κ2) is 7.55. The second-order valence-electron chi connectivity index (χ2n) is 5.91. The smallest absolute Gasteiger partial charge is 0.253 e. The number of fused-ring (bicyclic) bond motifs is 1. The summed E-state index contributed by atoms with van der Waals surface area (Å²) < 4.78 is 10.6. The molecule has 0 radical (unpaired) electrons. The van der Waals surface area contributed by atoms with Crippen LogP contribution in [-0.4, -0.2) is 17.7 Å². The van der Waals surface area contributed by atoms with Crippen molar-refractivity contribution < 1.29 is 14.3 Å². The number of benzene rings is 2. The molecule has 4 rings (SSSR count). The molecule has 136 valence electrons. The van der Waals surface area contributed by atoms with E-state index in [0.717, 1.165) is 17.0 Å². The van der Waals surface area contributed by atoms with Gasteiger partial charge in [0.05, 0.1) is 16.3 Å². The van der Waals surface area contributed by atoms with Crippen LogP contribution in [0.3, 0.4) is 0 Å². The van der Waals surface area contributed by atoms with Gasteiger partial charge in [-0.3, -0.25) is 4.79 Å². The molecule has 6 nitrogen and oxygen atoms in total. The summed E-state index contributed by atoms with van der Waals surface area (Å²) in [5.74, 6) is 1.81. The Morgan fingerprint density at radius 2 is 1.93 bits per heavy atom. The van der Waals surface area contributed by atoms with Gasteiger partial charge in [0.15, 0.2) is 11.5 Å². The fraction of sp³-hybridized carbons (Fsp3) is 0.100. The predicted octanol–water partition coefficient (Wildman–Crippen LogP) is 4.14. The number of carbonyl (C=O) groups is 1. The number of aromatic nitrogens is 1. The van der Waals surface area contributed by atoms with Crippen molar-refractivity contribution in [2.45, 2.75) is 6.54 Å². The number of pyridine rings is 1. The molecule has 1 aromatic heterocycles. The molecule has 0 bridgehead atoms. The van der Waals surface area contributed by atoms with E-state index in [2.05, 4.69) is 15.6 Å². The standard InChI is InChI=1S/C20H16ClN3O3/c21-15-3-1-2-4-16(15)24-19-8-6-14(11-22-19)20(25)23-10-13-5-7-17-18(9-13)27-12-26-17/h1-9,11H,10,12H2,(H,22,24)(H,23,25). The lowest BCUT2D eigenvalue weighted by Crippen LogP contribution is -2.22. The number of anilines is 2. The molecule has 0 aliphatic carbocycles. The molecule has 27 heavy (non-hydrogen) atoms. The molecular formula is C20H16ClN3O3. The minimum Gasteiger partial charge on any atom is -0.454 e. The average Bonchev–Trinajstić information content (AvgIpc) is 3.16. The van der Waals surface area contributed by atoms with Crippen LogP contribution in [0.25, 0.3) is 0 Å². The van der Waals surface area contributed by atoms with Gasteiger partial charge in [-0.05, 0) is 42.0 Å². The lowest BCUT2D eigenvalue weighted by atomic mass is 10.2. The Bertz CT molecular complexity index is 976. The Hall–Kier alpha value is -3.25. The van der Waals surface area contributed by atoms with E-state index in [1.807, 2.05) is 36.4 Å². The molecule has 0 saturated heterocycles. The maximum absolute atomic E-state index is 12.3. The molecule has 3 aromatic rings. The van der Waals surface area contributed by atoms with Crippen molar-refractivity contribution in [3.05, 3.63) is 76.9 Å². The largest absolute Gasteiger partial charge is 0.454 e. The van der Waals surface area contributed by atoms with Gasteiger partial charge in [-0.25, -0.2) is 4.98 Å². The normalized spacial score (nSPS) is 11.9. The van der Waals surface area contributed by atoms with Crippen molar-refractivity contribution >= 4 is 29.0 Å². The Morgan fingerprint density at radius 1 is 1.07 bits per heavy atom. The van der Waals surface area contributed by atoms with Gasteiger partial charge < -0.3 is 20.1 Å². The van der Waals surface area contributed by atoms with Gasteiger partial charge in [-0.2, -0.15) is 0 Å². The number of halogens is 1. The number of nitrogens with one attached hydrogen (secondary N) is 2. The van der Waals surface area contributed by atoms with E-state index in [-0.39, 0.29) is 12.7 Å². The highest BCUT2D eigenvalue weighted by Crippen LogP contribution is 2.32. The number of hydrogen-bond acceptors (Lipinski definition) is 5. The molecule has 1 aliphatic heterocycles. The first-order chi connectivity index (χ1) is 13.2. The SMILES string of the molecule is O=C(NCc1ccc2c(c1)OCO2)c1ccc(Nc2ccccc2Cl)nc1. The third-order valence-corrected chi connectivity index (χ3v) is 4.38. The van der Waals surface area contributed by atoms with Gasteiger partial charge in [-0.1, -0.05) is 29.8 Å². The van der Waals surface area contributed by atoms with E-state index in [4.69, 9.17) is 21.1 Å². The zero-order valence-corrected chi connectivity index (χ0v) is 15.0. The molecule has 0 fully saturated rings. The molecule has 2 aromatic carbocycles. The van der Waals surface area contributed by atoms with Crippen molar-refractivity contribution in [1.29, 1.82) is 0 Å². The highest BCUT2D eigenvalue weighted by Gasteiger charge is 2.14. The molecule has 0 atom stereocenters. The van der Waals surface area contributed by atoms with Crippen LogP contribution >= 0.6 is 11.6 Å². The summed E-state index contributed by atoms with van der Waals surface area (Å²) in [6.45, 7) is 0.612. The molecule has 0 unspecified atom stereocenters. The molecule has 7 heteroatoms. The topological polar surface area (TPSA) is 72.5 Å². The Balaban J connectivity index is 1.37. The fourth-order valence-corrected chi connectivity index (χ4v) is 2.82. The number of ether oxygens (including phenoxy) is 2. The van der Waals surface area contributed by atoms with Gasteiger partial charge in [0.25, 0.3) is 5.91 Å². The molecule has 0 saturated carbocycles. The second-order valence-corrected chi connectivity index (χ2v) is 6.31. The minimum absolute atomic E-state index is 0.204. The maximum Gasteiger partial charge on any atom is 0.253 e. The van der Waals surface area contributed by atoms with Crippen molar-refractivity contribution in [1.82, 2.24) is 10.3 Å². The lowest BCUT2D eigenvalue weighted by molar-refractivity contribution is 0.0950. The molecule has 1 amide bonds. The van der Waals surface area contributed by atoms with Gasteiger partial charge >= 0.3 is 0 Å². The summed E-state index contributed by atoms with van der Waals surface area (Å²) in [7, 11) is 0. The summed E-state index contributed by atoms with van der Waals surface area (Å²) in [6.07, 6.45) is 1.52. The van der Waals surface area contributed by atoms with Crippen molar-refractivity contribution in [3.8, 4) is 11.5 Å². The quantitative estimate of drug-likeness (QED) is 0.695. The number of nitrogens with zero attached hydrogens (tertiary/aromatic N) is 1. The average molecular weight is 382 g/mol. The summed E-state index contributed by atoms with van der Waals surface area (Å²) in [5.41, 5.74) is 2.16. The maximum atomic E-state index is 12.3. The summed E-state index contributed by atoms with van der Waals surface area (Å²) in [6, 6.07) is 16.4. The van der Waals surface area contributed by atoms with E-state index in [1.54, 1.807) is 18.2 Å². The lowest BCUT2D eigenvalue weighted by Gasteiger charge is -2.09. The Morgan fingerprint density at radius 3 is 2.74 bits per heavy atom. The van der Waals surface area contributed by atoms with Crippen LogP contribution in [0.1, 0.15) is 15.9 Å². The number of rotatable bonds is 5. The van der Waals surface area contributed by atoms with Crippen LogP contribution < -0.4 is 20.1 Å². The van der Waals surface area contributed by atoms with Crippen molar-refractivity contribution in [2.24, 2.45) is 0 Å². The van der Waals surface area contributed by atoms with Crippen molar-refractivity contribution in [3.63, 3.8) is 0 Å². The van der Waals surface area contributed by atoms with Gasteiger partial charge in [0, 0.05) is 12.7 Å². The van der Waals surface area contributed by atoms with Crippen LogP contribution in [0.4, 0.5) is 11.5 Å². The Labute approximate surface area is 161 Å².